The molecule has 0 spiro atoms. The Morgan fingerprint density at radius 1 is 1.50 bits per heavy atom. The summed E-state index contributed by atoms with van der Waals surface area (Å²) in [5, 5.41) is 0. The minimum absolute atomic E-state index is 0.0382. The molecule has 1 radical (unpaired) electrons. The minimum atomic E-state index is -3.68. The zero-order chi connectivity index (χ0) is 6.62. The average molecular weight is 153 g/mol. The normalized spacial score (nSPS) is 11.9. The van der Waals surface area contributed by atoms with Crippen molar-refractivity contribution in [2.24, 2.45) is 0 Å². The SMILES string of the molecule is O=P(O)(O)CCC[SiH2]. The lowest BCUT2D eigenvalue weighted by Crippen LogP contribution is -1.85. The molecule has 0 heterocycles. The Balaban J connectivity index is 3.26. The van der Waals surface area contributed by atoms with E-state index in [-0.39, 0.29) is 6.16 Å². The van der Waals surface area contributed by atoms with E-state index in [9.17, 15) is 4.57 Å². The summed E-state index contributed by atoms with van der Waals surface area (Å²) in [5.41, 5.74) is 0. The molecule has 0 aromatic carbocycles. The summed E-state index contributed by atoms with van der Waals surface area (Å²) in [6, 6.07) is 0.866. The third-order valence-electron chi connectivity index (χ3n) is 0.699. The number of rotatable bonds is 3. The van der Waals surface area contributed by atoms with Gasteiger partial charge in [-0.25, -0.2) is 0 Å². The Morgan fingerprint density at radius 3 is 2.12 bits per heavy atom. The van der Waals surface area contributed by atoms with Gasteiger partial charge in [-0.05, 0) is 6.42 Å². The highest BCUT2D eigenvalue weighted by atomic mass is 31.2. The van der Waals surface area contributed by atoms with Gasteiger partial charge in [0.2, 0.25) is 0 Å². The van der Waals surface area contributed by atoms with Crippen LogP contribution in [-0.4, -0.2) is 26.2 Å². The summed E-state index contributed by atoms with van der Waals surface area (Å²) in [6.07, 6.45) is 0.666. The van der Waals surface area contributed by atoms with Gasteiger partial charge in [-0.15, -0.1) is 0 Å². The lowest BCUT2D eigenvalue weighted by molar-refractivity contribution is 0.372. The smallest absolute Gasteiger partial charge is 0.324 e. The van der Waals surface area contributed by atoms with Crippen molar-refractivity contribution in [3.8, 4) is 0 Å². The van der Waals surface area contributed by atoms with E-state index >= 15 is 0 Å². The van der Waals surface area contributed by atoms with Gasteiger partial charge in [0.1, 0.15) is 0 Å². The van der Waals surface area contributed by atoms with Crippen LogP contribution < -0.4 is 0 Å². The van der Waals surface area contributed by atoms with E-state index in [1.54, 1.807) is 10.2 Å². The molecular weight excluding hydrogens is 143 g/mol. The van der Waals surface area contributed by atoms with Crippen LogP contribution in [0.4, 0.5) is 0 Å². The molecule has 3 nitrogen and oxygen atoms in total. The summed E-state index contributed by atoms with van der Waals surface area (Å²) in [6.45, 7) is 0. The maximum absolute atomic E-state index is 10.1. The van der Waals surface area contributed by atoms with Crippen LogP contribution in [-0.2, 0) is 4.57 Å². The first-order valence-corrected chi connectivity index (χ1v) is 5.20. The first kappa shape index (κ1) is 8.37. The van der Waals surface area contributed by atoms with Crippen LogP contribution in [0.15, 0.2) is 0 Å². The zero-order valence-electron chi connectivity index (χ0n) is 4.58. The molecule has 0 aliphatic carbocycles. The van der Waals surface area contributed by atoms with Gasteiger partial charge in [0.15, 0.2) is 0 Å². The summed E-state index contributed by atoms with van der Waals surface area (Å²) in [5.74, 6) is 0. The van der Waals surface area contributed by atoms with Crippen molar-refractivity contribution >= 4 is 17.8 Å². The second-order valence-corrected chi connectivity index (χ2v) is 4.08. The van der Waals surface area contributed by atoms with Crippen LogP contribution in [0.2, 0.25) is 6.04 Å². The molecule has 0 saturated carbocycles. The van der Waals surface area contributed by atoms with Crippen molar-refractivity contribution in [3.63, 3.8) is 0 Å². The van der Waals surface area contributed by atoms with Gasteiger partial charge in [-0.3, -0.25) is 4.57 Å². The van der Waals surface area contributed by atoms with Crippen molar-refractivity contribution in [2.45, 2.75) is 12.5 Å². The lowest BCUT2D eigenvalue weighted by atomic mass is 10.6. The third-order valence-corrected chi connectivity index (χ3v) is 2.10. The molecule has 0 saturated heterocycles. The Morgan fingerprint density at radius 2 is 2.00 bits per heavy atom. The Hall–Kier alpha value is 0.367. The molecule has 2 N–H and O–H groups in total. The van der Waals surface area contributed by atoms with Gasteiger partial charge >= 0.3 is 7.60 Å². The summed E-state index contributed by atoms with van der Waals surface area (Å²) >= 11 is 0. The van der Waals surface area contributed by atoms with E-state index < -0.39 is 7.60 Å². The fourth-order valence-electron chi connectivity index (χ4n) is 0.318. The van der Waals surface area contributed by atoms with E-state index in [0.717, 1.165) is 6.04 Å². The van der Waals surface area contributed by atoms with Gasteiger partial charge in [0.05, 0.1) is 0 Å². The molecule has 0 bridgehead atoms. The van der Waals surface area contributed by atoms with Crippen molar-refractivity contribution in [3.05, 3.63) is 0 Å². The van der Waals surface area contributed by atoms with Crippen LogP contribution in [0.1, 0.15) is 6.42 Å². The minimum Gasteiger partial charge on any atom is -0.324 e. The lowest BCUT2D eigenvalue weighted by Gasteiger charge is -1.98. The molecule has 0 rings (SSSR count). The number of hydrogen-bond acceptors (Lipinski definition) is 1. The molecule has 5 heteroatoms. The molecule has 0 unspecified atom stereocenters. The van der Waals surface area contributed by atoms with Crippen LogP contribution in [0.3, 0.4) is 0 Å². The van der Waals surface area contributed by atoms with E-state index in [0.29, 0.717) is 6.42 Å². The van der Waals surface area contributed by atoms with Gasteiger partial charge in [0.25, 0.3) is 0 Å². The predicted octanol–water partition coefficient (Wildman–Crippen LogP) is -0.394. The highest BCUT2D eigenvalue weighted by molar-refractivity contribution is 7.51. The van der Waals surface area contributed by atoms with Crippen molar-refractivity contribution < 1.29 is 14.4 Å². The molecule has 0 aromatic heterocycles. The van der Waals surface area contributed by atoms with Crippen molar-refractivity contribution in [1.82, 2.24) is 0 Å². The number of hydrogen-bond donors (Lipinski definition) is 2. The molecule has 8 heavy (non-hydrogen) atoms. The predicted molar refractivity (Wildman–Crippen MR) is 34.9 cm³/mol. The van der Waals surface area contributed by atoms with E-state index in [1.807, 2.05) is 0 Å². The Bertz CT molecular complexity index is 98.7. The van der Waals surface area contributed by atoms with E-state index in [2.05, 4.69) is 0 Å². The van der Waals surface area contributed by atoms with Gasteiger partial charge in [-0.1, -0.05) is 6.04 Å². The monoisotopic (exact) mass is 153 g/mol. The Labute approximate surface area is 51.7 Å². The first-order chi connectivity index (χ1) is 3.56. The molecule has 49 valence electrons. The molecule has 0 fully saturated rings. The maximum atomic E-state index is 10.1. The van der Waals surface area contributed by atoms with Crippen molar-refractivity contribution in [2.75, 3.05) is 6.16 Å². The fraction of sp³-hybridized carbons (Fsp3) is 1.00. The largest absolute Gasteiger partial charge is 0.325 e. The van der Waals surface area contributed by atoms with Gasteiger partial charge in [-0.2, -0.15) is 0 Å². The van der Waals surface area contributed by atoms with E-state index in [4.69, 9.17) is 9.79 Å². The van der Waals surface area contributed by atoms with E-state index in [1.165, 1.54) is 0 Å². The van der Waals surface area contributed by atoms with Crippen LogP contribution in [0.25, 0.3) is 0 Å². The standard InChI is InChI=1S/C3H10O3PSi/c4-7(5,6)2-1-3-8/h1-3,8H2,(H2,4,5,6). The van der Waals surface area contributed by atoms with Crippen LogP contribution in [0, 0.1) is 0 Å². The zero-order valence-corrected chi connectivity index (χ0v) is 6.89. The fourth-order valence-corrected chi connectivity index (χ4v) is 1.62. The second kappa shape index (κ2) is 3.40. The van der Waals surface area contributed by atoms with Crippen molar-refractivity contribution in [1.29, 1.82) is 0 Å². The quantitative estimate of drug-likeness (QED) is 0.428. The summed E-state index contributed by atoms with van der Waals surface area (Å²) in [4.78, 5) is 16.5. The van der Waals surface area contributed by atoms with Crippen LogP contribution in [0.5, 0.6) is 0 Å². The Kier molecular flexibility index (Phi) is 3.56. The van der Waals surface area contributed by atoms with Crippen LogP contribution >= 0.6 is 7.60 Å². The summed E-state index contributed by atoms with van der Waals surface area (Å²) in [7, 11) is -1.95. The molecule has 0 aliphatic rings. The molecular formula is C3H10O3PSi. The van der Waals surface area contributed by atoms with Gasteiger partial charge in [0, 0.05) is 16.4 Å². The maximum Gasteiger partial charge on any atom is 0.325 e. The van der Waals surface area contributed by atoms with Gasteiger partial charge < -0.3 is 9.79 Å². The first-order valence-electron chi connectivity index (χ1n) is 2.40. The summed E-state index contributed by atoms with van der Waals surface area (Å²) < 4.78 is 10.1. The molecule has 0 aliphatic heterocycles. The second-order valence-electron chi connectivity index (χ2n) is 1.60. The third kappa shape index (κ3) is 6.37. The molecule has 0 amide bonds. The topological polar surface area (TPSA) is 57.5 Å². The molecule has 0 atom stereocenters. The highest BCUT2D eigenvalue weighted by Crippen LogP contribution is 2.34. The molecule has 0 aromatic rings. The average Bonchev–Trinajstić information content (AvgIpc) is 1.59. The highest BCUT2D eigenvalue weighted by Gasteiger charge is 2.09.